The largest absolute Gasteiger partial charge is 0.375 e. The predicted octanol–water partition coefficient (Wildman–Crippen LogP) is 11.9. The summed E-state index contributed by atoms with van der Waals surface area (Å²) in [5.41, 5.74) is 21.8. The van der Waals surface area contributed by atoms with E-state index in [4.69, 9.17) is 0 Å². The number of benzene rings is 5. The zero-order valence-corrected chi connectivity index (χ0v) is 34.2. The van der Waals surface area contributed by atoms with E-state index >= 15 is 0 Å². The summed E-state index contributed by atoms with van der Waals surface area (Å²) in [6.07, 6.45) is 4.85. The quantitative estimate of drug-likeness (QED) is 0.140. The summed E-state index contributed by atoms with van der Waals surface area (Å²) < 4.78 is 5.49. The van der Waals surface area contributed by atoms with Gasteiger partial charge < -0.3 is 9.05 Å². The average molecular weight is 695 g/mol. The van der Waals surface area contributed by atoms with Crippen molar-refractivity contribution in [3.05, 3.63) is 100 Å². The fourth-order valence-corrected chi connectivity index (χ4v) is 10.2. The molecule has 0 atom stereocenters. The van der Waals surface area contributed by atoms with Crippen LogP contribution in [0.2, 0.25) is 0 Å². The van der Waals surface area contributed by atoms with E-state index in [1.807, 2.05) is 0 Å². The van der Waals surface area contributed by atoms with Crippen LogP contribution in [0.15, 0.2) is 66.7 Å². The molecular weight excluding hydrogens is 639 g/mol. The van der Waals surface area contributed by atoms with Crippen LogP contribution in [0.5, 0.6) is 0 Å². The summed E-state index contributed by atoms with van der Waals surface area (Å²) in [7, 11) is 0. The number of aryl methyl sites for hydroxylation is 1. The van der Waals surface area contributed by atoms with Crippen molar-refractivity contribution in [3.63, 3.8) is 0 Å². The van der Waals surface area contributed by atoms with E-state index in [1.165, 1.54) is 106 Å². The summed E-state index contributed by atoms with van der Waals surface area (Å²) >= 11 is 0. The van der Waals surface area contributed by atoms with Gasteiger partial charge in [0, 0.05) is 43.8 Å². The Hall–Kier alpha value is -4.24. The number of rotatable bonds is 0. The Labute approximate surface area is 316 Å². The molecule has 0 amide bonds. The first-order valence-corrected chi connectivity index (χ1v) is 20.3. The Kier molecular flexibility index (Phi) is 6.47. The number of hydrogen-bond acceptors (Lipinski definition) is 0. The maximum absolute atomic E-state index is 2.79. The summed E-state index contributed by atoms with van der Waals surface area (Å²) in [5.74, 6) is 0. The fourth-order valence-electron chi connectivity index (χ4n) is 10.2. The average Bonchev–Trinajstić information content (AvgIpc) is 3.59. The highest BCUT2D eigenvalue weighted by Gasteiger charge is 2.44. The van der Waals surface area contributed by atoms with Gasteiger partial charge in [0.2, 0.25) is 0 Å². The third kappa shape index (κ3) is 4.52. The van der Waals surface area contributed by atoms with Gasteiger partial charge in [-0.3, -0.25) is 0 Å². The molecule has 0 fully saturated rings. The fraction of sp³-hybridized carbons (Fsp3) is 0.400. The van der Waals surface area contributed by atoms with Gasteiger partial charge in [-0.2, -0.15) is 0 Å². The van der Waals surface area contributed by atoms with Gasteiger partial charge in [0.15, 0.2) is 0 Å². The van der Waals surface area contributed by atoms with Crippen molar-refractivity contribution in [1.82, 2.24) is 9.05 Å². The summed E-state index contributed by atoms with van der Waals surface area (Å²) in [4.78, 5) is 0. The van der Waals surface area contributed by atoms with Crippen molar-refractivity contribution in [2.45, 2.75) is 130 Å². The van der Waals surface area contributed by atoms with E-state index in [1.54, 1.807) is 11.1 Å². The molecule has 1 aliphatic carbocycles. The van der Waals surface area contributed by atoms with Crippen molar-refractivity contribution in [2.24, 2.45) is 0 Å². The predicted molar refractivity (Wildman–Crippen MR) is 231 cm³/mol. The molecule has 0 radical (unpaired) electrons. The topological polar surface area (TPSA) is 9.86 Å². The highest BCUT2D eigenvalue weighted by molar-refractivity contribution is 6.90. The van der Waals surface area contributed by atoms with Crippen LogP contribution < -0.4 is 10.9 Å². The first kappa shape index (κ1) is 33.3. The SMILES string of the molecule is CC(C)(C)c1ccc2c(c1)c1cc(C(C)(C)C)cc3c1n2B1c2c(cc4c(c2-3)CCCC4)-n2c3ccc(C(C)(C)C)cc3c3cc(C(C)(C)C)cc1c32. The molecule has 2 nitrogen and oxygen atoms in total. The standard InChI is InChI=1S/C50H55BN2/c1-47(2,3)29-17-19-40-34(22-29)37-25-32(50(10,11)12)27-39-46(37)52(40)42-21-28-15-13-14-16-33(28)43-38-26-31(49(7,8)9)24-36-35-23-30(48(4,5)6)18-20-41(35)53(45(36)38)51(39)44(42)43/h17-27H,13-16H2,1-12H3. The Balaban J connectivity index is 1.46. The minimum Gasteiger partial charge on any atom is -0.375 e. The minimum absolute atomic E-state index is 0.00355. The molecule has 0 saturated heterocycles. The molecule has 4 heterocycles. The lowest BCUT2D eigenvalue weighted by Gasteiger charge is -2.38. The van der Waals surface area contributed by atoms with Gasteiger partial charge in [0.1, 0.15) is 0 Å². The van der Waals surface area contributed by atoms with E-state index in [9.17, 15) is 0 Å². The van der Waals surface area contributed by atoms with E-state index in [-0.39, 0.29) is 28.5 Å². The molecule has 0 bridgehead atoms. The van der Waals surface area contributed by atoms with Crippen LogP contribution in [0.3, 0.4) is 0 Å². The molecule has 3 heteroatoms. The van der Waals surface area contributed by atoms with Crippen LogP contribution in [0.1, 0.15) is 129 Å². The number of nitrogens with zero attached hydrogens (tertiary/aromatic N) is 2. The van der Waals surface area contributed by atoms with Gasteiger partial charge in [-0.15, -0.1) is 0 Å². The summed E-state index contributed by atoms with van der Waals surface area (Å²) in [5, 5.41) is 5.59. The highest BCUT2D eigenvalue weighted by Crippen LogP contribution is 2.48. The monoisotopic (exact) mass is 694 g/mol. The van der Waals surface area contributed by atoms with Crippen molar-refractivity contribution in [3.8, 4) is 16.8 Å². The molecule has 0 saturated carbocycles. The maximum atomic E-state index is 2.79. The van der Waals surface area contributed by atoms with Gasteiger partial charge in [0.05, 0.1) is 11.0 Å². The van der Waals surface area contributed by atoms with Crippen molar-refractivity contribution >= 4 is 61.4 Å². The second kappa shape index (κ2) is 10.3. The van der Waals surface area contributed by atoms with Crippen molar-refractivity contribution < 1.29 is 0 Å². The summed E-state index contributed by atoms with van der Waals surface area (Å²) in [6, 6.07) is 27.7. The van der Waals surface area contributed by atoms with Gasteiger partial charge >= 0.3 is 6.85 Å². The molecule has 3 aliphatic rings. The Morgan fingerprint density at radius 2 is 1.04 bits per heavy atom. The molecule has 53 heavy (non-hydrogen) atoms. The normalized spacial score (nSPS) is 15.6. The Morgan fingerprint density at radius 1 is 0.509 bits per heavy atom. The summed E-state index contributed by atoms with van der Waals surface area (Å²) in [6.45, 7) is 28.5. The van der Waals surface area contributed by atoms with E-state index < -0.39 is 0 Å². The minimum atomic E-state index is 0.00355. The maximum Gasteiger partial charge on any atom is 0.333 e. The van der Waals surface area contributed by atoms with E-state index in [0.29, 0.717) is 0 Å². The first-order chi connectivity index (χ1) is 24.8. The zero-order chi connectivity index (χ0) is 37.3. The van der Waals surface area contributed by atoms with Gasteiger partial charge in [-0.1, -0.05) is 101 Å². The molecule has 0 N–H and O–H groups in total. The molecule has 7 aromatic rings. The van der Waals surface area contributed by atoms with Crippen LogP contribution in [0.25, 0.3) is 60.4 Å². The first-order valence-electron chi connectivity index (χ1n) is 20.3. The lowest BCUT2D eigenvalue weighted by molar-refractivity contribution is 0.590. The zero-order valence-electron chi connectivity index (χ0n) is 34.2. The van der Waals surface area contributed by atoms with Crippen molar-refractivity contribution in [2.75, 3.05) is 0 Å². The van der Waals surface area contributed by atoms with Crippen molar-refractivity contribution in [1.29, 1.82) is 0 Å². The number of fused-ring (bicyclic) bond motifs is 12. The molecule has 2 aromatic heterocycles. The number of hydrogen-bond donors (Lipinski definition) is 0. The van der Waals surface area contributed by atoms with Crippen LogP contribution in [0.4, 0.5) is 0 Å². The second-order valence-corrected chi connectivity index (χ2v) is 21.0. The van der Waals surface area contributed by atoms with Gasteiger partial charge in [0.25, 0.3) is 0 Å². The van der Waals surface area contributed by atoms with Crippen LogP contribution in [0, 0.1) is 0 Å². The van der Waals surface area contributed by atoms with Gasteiger partial charge in [-0.05, 0) is 146 Å². The molecule has 0 unspecified atom stereocenters. The molecule has 268 valence electrons. The molecule has 10 rings (SSSR count). The molecular formula is C50H55BN2. The van der Waals surface area contributed by atoms with Gasteiger partial charge in [-0.25, -0.2) is 0 Å². The molecule has 2 aliphatic heterocycles. The van der Waals surface area contributed by atoms with E-state index in [2.05, 4.69) is 159 Å². The second-order valence-electron chi connectivity index (χ2n) is 21.0. The number of aromatic nitrogens is 2. The lowest BCUT2D eigenvalue weighted by Crippen LogP contribution is -2.56. The third-order valence-corrected chi connectivity index (χ3v) is 13.3. The van der Waals surface area contributed by atoms with E-state index in [0.717, 1.165) is 12.8 Å². The molecule has 5 aromatic carbocycles. The smallest absolute Gasteiger partial charge is 0.333 e. The Morgan fingerprint density at radius 3 is 1.66 bits per heavy atom. The highest BCUT2D eigenvalue weighted by atomic mass is 15.0. The Bertz CT molecular complexity index is 2750. The third-order valence-electron chi connectivity index (χ3n) is 13.3. The van der Waals surface area contributed by atoms with Crippen LogP contribution in [-0.4, -0.2) is 15.9 Å². The van der Waals surface area contributed by atoms with Crippen LogP contribution >= 0.6 is 0 Å². The lowest BCUT2D eigenvalue weighted by atomic mass is 9.44. The molecule has 0 spiro atoms. The van der Waals surface area contributed by atoms with Crippen LogP contribution in [-0.2, 0) is 34.5 Å².